The van der Waals surface area contributed by atoms with Crippen molar-refractivity contribution < 1.29 is 19.1 Å². The van der Waals surface area contributed by atoms with Crippen molar-refractivity contribution in [1.29, 1.82) is 0 Å². The molecule has 0 aliphatic heterocycles. The predicted octanol–water partition coefficient (Wildman–Crippen LogP) is 2.55. The fourth-order valence-electron chi connectivity index (χ4n) is 2.86. The second kappa shape index (κ2) is 10.7. The fraction of sp³-hybridized carbons (Fsp3) is 0.217. The summed E-state index contributed by atoms with van der Waals surface area (Å²) in [4.78, 5) is 25.7. The molecule has 0 saturated heterocycles. The van der Waals surface area contributed by atoms with Gasteiger partial charge >= 0.3 is 5.97 Å². The number of methoxy groups -OCH3 is 1. The molecule has 0 bridgehead atoms. The summed E-state index contributed by atoms with van der Waals surface area (Å²) >= 11 is 0. The average Bonchev–Trinajstić information content (AvgIpc) is 3.24. The SMILES string of the molecule is COc1ccccc1CN(C)C(=O)COC(=O)/C=C/c1cn(Cc2ccccc2)nn1. The molecule has 0 spiro atoms. The van der Waals surface area contributed by atoms with E-state index in [2.05, 4.69) is 10.3 Å². The summed E-state index contributed by atoms with van der Waals surface area (Å²) in [5.41, 5.74) is 2.48. The topological polar surface area (TPSA) is 86.5 Å². The van der Waals surface area contributed by atoms with Crippen LogP contribution in [-0.2, 0) is 27.4 Å². The number of rotatable bonds is 9. The van der Waals surface area contributed by atoms with Gasteiger partial charge in [-0.1, -0.05) is 53.7 Å². The molecular formula is C23H24N4O4. The van der Waals surface area contributed by atoms with E-state index in [-0.39, 0.29) is 12.5 Å². The van der Waals surface area contributed by atoms with Gasteiger partial charge in [0.15, 0.2) is 6.61 Å². The number of carbonyl (C=O) groups excluding carboxylic acids is 2. The highest BCUT2D eigenvalue weighted by atomic mass is 16.5. The Kier molecular flexibility index (Phi) is 7.53. The van der Waals surface area contributed by atoms with E-state index in [4.69, 9.17) is 9.47 Å². The summed E-state index contributed by atoms with van der Waals surface area (Å²) in [5.74, 6) is -0.250. The van der Waals surface area contributed by atoms with E-state index in [1.165, 1.54) is 17.1 Å². The van der Waals surface area contributed by atoms with E-state index in [1.54, 1.807) is 25.0 Å². The molecule has 0 fully saturated rings. The Hall–Kier alpha value is -3.94. The van der Waals surface area contributed by atoms with E-state index in [9.17, 15) is 9.59 Å². The normalized spacial score (nSPS) is 10.8. The van der Waals surface area contributed by atoms with Gasteiger partial charge in [0.1, 0.15) is 11.4 Å². The third-order valence-electron chi connectivity index (χ3n) is 4.50. The molecule has 8 heteroatoms. The van der Waals surface area contributed by atoms with Crippen molar-refractivity contribution >= 4 is 18.0 Å². The van der Waals surface area contributed by atoms with Gasteiger partial charge in [-0.2, -0.15) is 0 Å². The molecule has 0 aliphatic rings. The standard InChI is InChI=1S/C23H24N4O4/c1-26(15-19-10-6-7-11-21(19)30-2)22(28)17-31-23(29)13-12-20-16-27(25-24-20)14-18-8-4-3-5-9-18/h3-13,16H,14-15,17H2,1-2H3/b13-12+. The minimum Gasteiger partial charge on any atom is -0.496 e. The number of amides is 1. The average molecular weight is 420 g/mol. The number of carbonyl (C=O) groups is 2. The van der Waals surface area contributed by atoms with E-state index in [0.717, 1.165) is 11.1 Å². The summed E-state index contributed by atoms with van der Waals surface area (Å²) in [6, 6.07) is 17.3. The van der Waals surface area contributed by atoms with Gasteiger partial charge in [-0.15, -0.1) is 5.10 Å². The highest BCUT2D eigenvalue weighted by molar-refractivity contribution is 5.88. The van der Waals surface area contributed by atoms with Gasteiger partial charge in [-0.05, 0) is 17.7 Å². The van der Waals surface area contributed by atoms with Crippen molar-refractivity contribution in [3.05, 3.63) is 83.7 Å². The van der Waals surface area contributed by atoms with Gasteiger partial charge in [0, 0.05) is 25.2 Å². The second-order valence-corrected chi connectivity index (χ2v) is 6.83. The van der Waals surface area contributed by atoms with Crippen molar-refractivity contribution in [2.45, 2.75) is 13.1 Å². The van der Waals surface area contributed by atoms with Crippen LogP contribution in [-0.4, -0.2) is 52.5 Å². The number of benzene rings is 2. The van der Waals surface area contributed by atoms with Gasteiger partial charge in [-0.25, -0.2) is 9.48 Å². The van der Waals surface area contributed by atoms with Crippen LogP contribution in [0.15, 0.2) is 66.9 Å². The zero-order valence-electron chi connectivity index (χ0n) is 17.5. The van der Waals surface area contributed by atoms with Crippen molar-refractivity contribution in [2.24, 2.45) is 0 Å². The molecule has 160 valence electrons. The lowest BCUT2D eigenvalue weighted by molar-refractivity contribution is -0.147. The van der Waals surface area contributed by atoms with E-state index in [0.29, 0.717) is 24.5 Å². The summed E-state index contributed by atoms with van der Waals surface area (Å²) in [6.07, 6.45) is 4.45. The molecule has 0 atom stereocenters. The first-order valence-corrected chi connectivity index (χ1v) is 9.70. The maximum Gasteiger partial charge on any atom is 0.331 e. The first-order chi connectivity index (χ1) is 15.0. The number of likely N-dealkylation sites (N-methyl/N-ethyl adjacent to an activating group) is 1. The molecule has 31 heavy (non-hydrogen) atoms. The van der Waals surface area contributed by atoms with E-state index < -0.39 is 5.97 Å². The van der Waals surface area contributed by atoms with Gasteiger partial charge < -0.3 is 14.4 Å². The zero-order valence-corrected chi connectivity index (χ0v) is 17.5. The molecule has 1 amide bonds. The third-order valence-corrected chi connectivity index (χ3v) is 4.50. The highest BCUT2D eigenvalue weighted by Gasteiger charge is 2.13. The van der Waals surface area contributed by atoms with Crippen molar-refractivity contribution in [3.8, 4) is 5.75 Å². The zero-order chi connectivity index (χ0) is 22.1. The Morgan fingerprint density at radius 3 is 2.61 bits per heavy atom. The minimum absolute atomic E-state index is 0.318. The van der Waals surface area contributed by atoms with Crippen LogP contribution in [0.1, 0.15) is 16.8 Å². The predicted molar refractivity (Wildman–Crippen MR) is 115 cm³/mol. The molecule has 3 rings (SSSR count). The molecule has 0 aliphatic carbocycles. The molecule has 0 unspecified atom stereocenters. The quantitative estimate of drug-likeness (QED) is 0.391. The maximum atomic E-state index is 12.3. The highest BCUT2D eigenvalue weighted by Crippen LogP contribution is 2.18. The lowest BCUT2D eigenvalue weighted by atomic mass is 10.2. The van der Waals surface area contributed by atoms with Crippen molar-refractivity contribution in [3.63, 3.8) is 0 Å². The van der Waals surface area contributed by atoms with Crippen LogP contribution in [0.5, 0.6) is 5.75 Å². The lowest BCUT2D eigenvalue weighted by Crippen LogP contribution is -2.30. The van der Waals surface area contributed by atoms with Gasteiger partial charge in [0.2, 0.25) is 0 Å². The molecule has 2 aromatic carbocycles. The monoisotopic (exact) mass is 420 g/mol. The number of para-hydroxylation sites is 1. The molecule has 1 heterocycles. The smallest absolute Gasteiger partial charge is 0.331 e. The number of hydrogen-bond acceptors (Lipinski definition) is 6. The number of esters is 1. The molecule has 8 nitrogen and oxygen atoms in total. The number of nitrogens with zero attached hydrogens (tertiary/aromatic N) is 4. The van der Waals surface area contributed by atoms with Crippen LogP contribution in [0.25, 0.3) is 6.08 Å². The Bertz CT molecular complexity index is 1050. The Morgan fingerprint density at radius 1 is 1.10 bits per heavy atom. The van der Waals surface area contributed by atoms with Crippen molar-refractivity contribution in [2.75, 3.05) is 20.8 Å². The molecule has 0 N–H and O–H groups in total. The van der Waals surface area contributed by atoms with Crippen LogP contribution in [0.4, 0.5) is 0 Å². The Labute approximate surface area is 180 Å². The van der Waals surface area contributed by atoms with Crippen LogP contribution >= 0.6 is 0 Å². The minimum atomic E-state index is -0.628. The van der Waals surface area contributed by atoms with E-state index in [1.807, 2.05) is 54.6 Å². The summed E-state index contributed by atoms with van der Waals surface area (Å²) in [7, 11) is 3.22. The maximum absolute atomic E-state index is 12.3. The summed E-state index contributed by atoms with van der Waals surface area (Å²) in [6.45, 7) is 0.579. The number of ether oxygens (including phenoxy) is 2. The summed E-state index contributed by atoms with van der Waals surface area (Å²) < 4.78 is 12.0. The van der Waals surface area contributed by atoms with Gasteiger partial charge in [0.05, 0.1) is 19.9 Å². The molecule has 1 aromatic heterocycles. The largest absolute Gasteiger partial charge is 0.496 e. The van der Waals surface area contributed by atoms with Crippen molar-refractivity contribution in [1.82, 2.24) is 19.9 Å². The molecule has 0 radical (unpaired) electrons. The first kappa shape index (κ1) is 21.8. The van der Waals surface area contributed by atoms with Crippen LogP contribution in [0.3, 0.4) is 0 Å². The third kappa shape index (κ3) is 6.53. The van der Waals surface area contributed by atoms with Crippen LogP contribution in [0, 0.1) is 0 Å². The molecule has 0 saturated carbocycles. The number of hydrogen-bond donors (Lipinski definition) is 0. The number of aromatic nitrogens is 3. The lowest BCUT2D eigenvalue weighted by Gasteiger charge is -2.18. The second-order valence-electron chi connectivity index (χ2n) is 6.83. The Morgan fingerprint density at radius 2 is 1.84 bits per heavy atom. The molecule has 3 aromatic rings. The van der Waals surface area contributed by atoms with Crippen LogP contribution < -0.4 is 4.74 Å². The molecular weight excluding hydrogens is 396 g/mol. The van der Waals surface area contributed by atoms with Crippen LogP contribution in [0.2, 0.25) is 0 Å². The summed E-state index contributed by atoms with van der Waals surface area (Å²) in [5, 5.41) is 8.04. The van der Waals surface area contributed by atoms with Gasteiger partial charge in [-0.3, -0.25) is 4.79 Å². The van der Waals surface area contributed by atoms with Gasteiger partial charge in [0.25, 0.3) is 5.91 Å². The fourth-order valence-corrected chi connectivity index (χ4v) is 2.86. The Balaban J connectivity index is 1.46. The van der Waals surface area contributed by atoms with E-state index >= 15 is 0 Å². The first-order valence-electron chi connectivity index (χ1n) is 9.70.